The first kappa shape index (κ1) is 16.8. The van der Waals surface area contributed by atoms with Gasteiger partial charge < -0.3 is 20.5 Å². The Hall–Kier alpha value is -1.59. The Bertz CT molecular complexity index is 446. The summed E-state index contributed by atoms with van der Waals surface area (Å²) in [6.07, 6.45) is 3.50. The van der Waals surface area contributed by atoms with Crippen molar-refractivity contribution in [3.8, 4) is 0 Å². The van der Waals surface area contributed by atoms with Crippen molar-refractivity contribution in [2.24, 2.45) is 0 Å². The SMILES string of the molecule is CCC(NC(=O)N[C@H](CCO)c1ccccc1)C1CCCO1. The maximum atomic E-state index is 12.3. The van der Waals surface area contributed by atoms with Crippen molar-refractivity contribution in [3.05, 3.63) is 35.9 Å². The van der Waals surface area contributed by atoms with E-state index in [1.165, 1.54) is 0 Å². The number of rotatable bonds is 7. The van der Waals surface area contributed by atoms with E-state index in [0.29, 0.717) is 6.42 Å². The summed E-state index contributed by atoms with van der Waals surface area (Å²) in [5, 5.41) is 15.2. The minimum atomic E-state index is -0.204. The second-order valence-corrected chi connectivity index (χ2v) is 5.66. The molecule has 0 bridgehead atoms. The maximum absolute atomic E-state index is 12.3. The summed E-state index contributed by atoms with van der Waals surface area (Å²) in [7, 11) is 0. The minimum Gasteiger partial charge on any atom is -0.396 e. The van der Waals surface area contributed by atoms with E-state index in [4.69, 9.17) is 4.74 Å². The number of hydrogen-bond donors (Lipinski definition) is 3. The molecule has 122 valence electrons. The Labute approximate surface area is 132 Å². The average Bonchev–Trinajstić information content (AvgIpc) is 3.07. The lowest BCUT2D eigenvalue weighted by Crippen LogP contribution is -2.48. The first-order chi connectivity index (χ1) is 10.7. The number of benzene rings is 1. The Morgan fingerprint density at radius 2 is 2.14 bits per heavy atom. The van der Waals surface area contributed by atoms with Gasteiger partial charge in [0, 0.05) is 13.2 Å². The Morgan fingerprint density at radius 1 is 1.36 bits per heavy atom. The third-order valence-corrected chi connectivity index (χ3v) is 4.10. The molecule has 0 spiro atoms. The van der Waals surface area contributed by atoms with Crippen molar-refractivity contribution in [3.63, 3.8) is 0 Å². The van der Waals surface area contributed by atoms with Crippen molar-refractivity contribution in [2.45, 2.75) is 50.8 Å². The summed E-state index contributed by atoms with van der Waals surface area (Å²) < 4.78 is 5.66. The highest BCUT2D eigenvalue weighted by Crippen LogP contribution is 2.19. The van der Waals surface area contributed by atoms with Crippen molar-refractivity contribution in [2.75, 3.05) is 13.2 Å². The summed E-state index contributed by atoms with van der Waals surface area (Å²) in [6, 6.07) is 9.35. The van der Waals surface area contributed by atoms with Crippen molar-refractivity contribution in [1.29, 1.82) is 0 Å². The predicted molar refractivity (Wildman–Crippen MR) is 85.6 cm³/mol. The van der Waals surface area contributed by atoms with Crippen molar-refractivity contribution < 1.29 is 14.6 Å². The molecule has 1 aromatic rings. The molecule has 0 radical (unpaired) electrons. The van der Waals surface area contributed by atoms with Crippen LogP contribution in [0.2, 0.25) is 0 Å². The molecule has 2 unspecified atom stereocenters. The van der Waals surface area contributed by atoms with Gasteiger partial charge in [0.2, 0.25) is 0 Å². The molecule has 1 heterocycles. The third kappa shape index (κ3) is 4.71. The van der Waals surface area contributed by atoms with Gasteiger partial charge in [-0.3, -0.25) is 0 Å². The first-order valence-electron chi connectivity index (χ1n) is 8.09. The van der Waals surface area contributed by atoms with Gasteiger partial charge in [-0.05, 0) is 31.2 Å². The summed E-state index contributed by atoms with van der Waals surface area (Å²) in [5.74, 6) is 0. The van der Waals surface area contributed by atoms with Gasteiger partial charge in [0.05, 0.1) is 18.2 Å². The number of ether oxygens (including phenoxy) is 1. The van der Waals surface area contributed by atoms with Crippen LogP contribution in [0.25, 0.3) is 0 Å². The number of urea groups is 1. The van der Waals surface area contributed by atoms with Crippen LogP contribution in [0.15, 0.2) is 30.3 Å². The second kappa shape index (κ2) is 8.76. The largest absolute Gasteiger partial charge is 0.396 e. The smallest absolute Gasteiger partial charge is 0.315 e. The lowest BCUT2D eigenvalue weighted by Gasteiger charge is -2.25. The molecule has 3 N–H and O–H groups in total. The van der Waals surface area contributed by atoms with E-state index < -0.39 is 0 Å². The molecule has 5 nitrogen and oxygen atoms in total. The molecular weight excluding hydrogens is 280 g/mol. The summed E-state index contributed by atoms with van der Waals surface area (Å²) in [5.41, 5.74) is 0.997. The van der Waals surface area contributed by atoms with E-state index in [-0.39, 0.29) is 30.8 Å². The standard InChI is InChI=1S/C17H26N2O3/c1-2-14(16-9-6-12-22-16)18-17(21)19-15(10-11-20)13-7-4-3-5-8-13/h3-5,7-8,14-16,20H,2,6,9-12H2,1H3,(H2,18,19,21)/t14?,15-,16?/m1/s1. The molecule has 1 aliphatic rings. The second-order valence-electron chi connectivity index (χ2n) is 5.66. The number of hydrogen-bond acceptors (Lipinski definition) is 3. The quantitative estimate of drug-likeness (QED) is 0.724. The third-order valence-electron chi connectivity index (χ3n) is 4.10. The predicted octanol–water partition coefficient (Wildman–Crippen LogP) is 2.37. The van der Waals surface area contributed by atoms with Gasteiger partial charge in [-0.1, -0.05) is 37.3 Å². The van der Waals surface area contributed by atoms with E-state index in [1.807, 2.05) is 30.3 Å². The van der Waals surface area contributed by atoms with Crippen LogP contribution in [0.4, 0.5) is 4.79 Å². The first-order valence-corrected chi connectivity index (χ1v) is 8.09. The monoisotopic (exact) mass is 306 g/mol. The molecule has 22 heavy (non-hydrogen) atoms. The fourth-order valence-corrected chi connectivity index (χ4v) is 2.88. The fraction of sp³-hybridized carbons (Fsp3) is 0.588. The molecule has 1 fully saturated rings. The molecule has 0 aliphatic carbocycles. The zero-order valence-electron chi connectivity index (χ0n) is 13.1. The van der Waals surface area contributed by atoms with Crippen LogP contribution in [0.1, 0.15) is 44.2 Å². The maximum Gasteiger partial charge on any atom is 0.315 e. The van der Waals surface area contributed by atoms with Crippen LogP contribution in [0.5, 0.6) is 0 Å². The van der Waals surface area contributed by atoms with Gasteiger partial charge in [-0.25, -0.2) is 4.79 Å². The van der Waals surface area contributed by atoms with E-state index in [2.05, 4.69) is 17.6 Å². The summed E-state index contributed by atoms with van der Waals surface area (Å²) in [4.78, 5) is 12.3. The van der Waals surface area contributed by atoms with Gasteiger partial charge in [-0.2, -0.15) is 0 Å². The molecule has 3 atom stereocenters. The van der Waals surface area contributed by atoms with E-state index >= 15 is 0 Å². The lowest BCUT2D eigenvalue weighted by atomic mass is 10.0. The van der Waals surface area contributed by atoms with Gasteiger partial charge >= 0.3 is 6.03 Å². The molecule has 2 amide bonds. The molecule has 1 saturated heterocycles. The Kier molecular flexibility index (Phi) is 6.68. The van der Waals surface area contributed by atoms with Crippen LogP contribution in [-0.4, -0.2) is 36.5 Å². The summed E-state index contributed by atoms with van der Waals surface area (Å²) in [6.45, 7) is 2.86. The van der Waals surface area contributed by atoms with E-state index in [0.717, 1.165) is 31.4 Å². The van der Waals surface area contributed by atoms with Crippen LogP contribution in [0.3, 0.4) is 0 Å². The number of carbonyl (C=O) groups excluding carboxylic acids is 1. The van der Waals surface area contributed by atoms with Crippen LogP contribution < -0.4 is 10.6 Å². The van der Waals surface area contributed by atoms with Crippen molar-refractivity contribution in [1.82, 2.24) is 10.6 Å². The number of amides is 2. The van der Waals surface area contributed by atoms with Gasteiger partial charge in [0.1, 0.15) is 0 Å². The molecular formula is C17H26N2O3. The highest BCUT2D eigenvalue weighted by molar-refractivity contribution is 5.74. The lowest BCUT2D eigenvalue weighted by molar-refractivity contribution is 0.0794. The van der Waals surface area contributed by atoms with E-state index in [1.54, 1.807) is 0 Å². The molecule has 0 aromatic heterocycles. The normalized spacial score (nSPS) is 20.4. The molecule has 0 saturated carbocycles. The average molecular weight is 306 g/mol. The van der Waals surface area contributed by atoms with Crippen LogP contribution >= 0.6 is 0 Å². The molecule has 2 rings (SSSR count). The number of carbonyl (C=O) groups is 1. The highest BCUT2D eigenvalue weighted by atomic mass is 16.5. The highest BCUT2D eigenvalue weighted by Gasteiger charge is 2.26. The van der Waals surface area contributed by atoms with Gasteiger partial charge in [0.25, 0.3) is 0 Å². The van der Waals surface area contributed by atoms with Crippen molar-refractivity contribution >= 4 is 6.03 Å². The molecule has 5 heteroatoms. The van der Waals surface area contributed by atoms with Crippen LogP contribution in [-0.2, 0) is 4.74 Å². The van der Waals surface area contributed by atoms with E-state index in [9.17, 15) is 9.90 Å². The number of aliphatic hydroxyl groups excluding tert-OH is 1. The van der Waals surface area contributed by atoms with Gasteiger partial charge in [-0.15, -0.1) is 0 Å². The zero-order valence-corrected chi connectivity index (χ0v) is 13.1. The summed E-state index contributed by atoms with van der Waals surface area (Å²) >= 11 is 0. The molecule has 1 aromatic carbocycles. The minimum absolute atomic E-state index is 0.0305. The number of nitrogens with one attached hydrogen (secondary N) is 2. The number of aliphatic hydroxyl groups is 1. The molecule has 1 aliphatic heterocycles. The fourth-order valence-electron chi connectivity index (χ4n) is 2.88. The van der Waals surface area contributed by atoms with Crippen LogP contribution in [0, 0.1) is 0 Å². The Balaban J connectivity index is 1.92. The topological polar surface area (TPSA) is 70.6 Å². The zero-order chi connectivity index (χ0) is 15.8. The van der Waals surface area contributed by atoms with Gasteiger partial charge in [0.15, 0.2) is 0 Å². The Morgan fingerprint density at radius 3 is 2.73 bits per heavy atom.